The average Bonchev–Trinajstić information content (AvgIpc) is 2.47. The molecule has 0 unspecified atom stereocenters. The van der Waals surface area contributed by atoms with Crippen LogP contribution in [0, 0.1) is 0 Å². The molecule has 0 aromatic rings. The summed E-state index contributed by atoms with van der Waals surface area (Å²) >= 11 is 0. The number of allylic oxidation sites excluding steroid dienone is 8. The fourth-order valence-electron chi connectivity index (χ4n) is 1.07. The Labute approximate surface area is 67.9 Å². The molecule has 56 valence electrons. The van der Waals surface area contributed by atoms with E-state index in [1.165, 1.54) is 11.1 Å². The molecule has 0 heterocycles. The Morgan fingerprint density at radius 2 is 2.18 bits per heavy atom. The molecule has 1 aliphatic carbocycles. The molecule has 0 aromatic heterocycles. The summed E-state index contributed by atoms with van der Waals surface area (Å²) in [6.07, 6.45) is 12.9. The lowest BCUT2D eigenvalue weighted by Crippen LogP contribution is -1.73. The highest BCUT2D eigenvalue weighted by Gasteiger charge is 2.00. The number of hydrogen-bond donors (Lipinski definition) is 0. The Bertz CT molecular complexity index is 249. The molecule has 11 heavy (non-hydrogen) atoms. The van der Waals surface area contributed by atoms with Crippen molar-refractivity contribution in [3.05, 3.63) is 60.8 Å². The van der Waals surface area contributed by atoms with Crippen molar-refractivity contribution in [3.63, 3.8) is 0 Å². The second-order valence-corrected chi connectivity index (χ2v) is 2.39. The van der Waals surface area contributed by atoms with Crippen molar-refractivity contribution in [2.75, 3.05) is 0 Å². The van der Waals surface area contributed by atoms with Crippen molar-refractivity contribution in [3.8, 4) is 0 Å². The quantitative estimate of drug-likeness (QED) is 0.534. The summed E-state index contributed by atoms with van der Waals surface area (Å²) in [6.45, 7) is 7.36. The van der Waals surface area contributed by atoms with Crippen molar-refractivity contribution in [1.82, 2.24) is 0 Å². The molecule has 0 atom stereocenters. The first-order chi connectivity index (χ1) is 5.38. The van der Waals surface area contributed by atoms with Crippen molar-refractivity contribution >= 4 is 0 Å². The van der Waals surface area contributed by atoms with E-state index in [1.807, 2.05) is 18.2 Å². The summed E-state index contributed by atoms with van der Waals surface area (Å²) in [5, 5.41) is 0. The Kier molecular flexibility index (Phi) is 2.67. The van der Waals surface area contributed by atoms with Crippen LogP contribution in [0.15, 0.2) is 60.8 Å². The van der Waals surface area contributed by atoms with Gasteiger partial charge in [0.05, 0.1) is 0 Å². The first-order valence-electron chi connectivity index (χ1n) is 3.69. The van der Waals surface area contributed by atoms with Gasteiger partial charge in [-0.3, -0.25) is 0 Å². The van der Waals surface area contributed by atoms with E-state index in [-0.39, 0.29) is 0 Å². The van der Waals surface area contributed by atoms with Crippen LogP contribution in [0.4, 0.5) is 0 Å². The van der Waals surface area contributed by atoms with Gasteiger partial charge in [-0.25, -0.2) is 0 Å². The van der Waals surface area contributed by atoms with Gasteiger partial charge in [0.1, 0.15) is 0 Å². The lowest BCUT2D eigenvalue weighted by molar-refractivity contribution is 1.32. The lowest BCUT2D eigenvalue weighted by Gasteiger charge is -1.93. The molecular formula is C11H12. The summed E-state index contributed by atoms with van der Waals surface area (Å²) in [5.41, 5.74) is 2.54. The molecular weight excluding hydrogens is 132 g/mol. The summed E-state index contributed by atoms with van der Waals surface area (Å²) in [7, 11) is 0. The van der Waals surface area contributed by atoms with Gasteiger partial charge in [0.15, 0.2) is 0 Å². The molecule has 0 fully saturated rings. The second kappa shape index (κ2) is 3.77. The van der Waals surface area contributed by atoms with Gasteiger partial charge in [0.2, 0.25) is 0 Å². The van der Waals surface area contributed by atoms with Gasteiger partial charge in [0, 0.05) is 0 Å². The summed E-state index contributed by atoms with van der Waals surface area (Å²) in [5.74, 6) is 0. The smallest absolute Gasteiger partial charge is 0.00884 e. The predicted molar refractivity (Wildman–Crippen MR) is 50.3 cm³/mol. The first-order valence-corrected chi connectivity index (χ1v) is 3.69. The molecule has 0 nitrogen and oxygen atoms in total. The van der Waals surface area contributed by atoms with Crippen molar-refractivity contribution in [1.29, 1.82) is 0 Å². The summed E-state index contributed by atoms with van der Waals surface area (Å²) in [6, 6.07) is 0. The highest BCUT2D eigenvalue weighted by Crippen LogP contribution is 2.20. The maximum atomic E-state index is 3.74. The molecule has 1 rings (SSSR count). The predicted octanol–water partition coefficient (Wildman–Crippen LogP) is 3.17. The molecule has 0 saturated heterocycles. The second-order valence-electron chi connectivity index (χ2n) is 2.39. The molecule has 0 aliphatic heterocycles. The van der Waals surface area contributed by atoms with Crippen LogP contribution in [0.3, 0.4) is 0 Å². The number of rotatable bonds is 3. The van der Waals surface area contributed by atoms with Crippen LogP contribution < -0.4 is 0 Å². The van der Waals surface area contributed by atoms with E-state index in [0.29, 0.717) is 0 Å². The van der Waals surface area contributed by atoms with Gasteiger partial charge in [-0.1, -0.05) is 49.6 Å². The van der Waals surface area contributed by atoms with E-state index in [4.69, 9.17) is 0 Å². The Balaban J connectivity index is 2.81. The third-order valence-electron chi connectivity index (χ3n) is 1.66. The minimum atomic E-state index is 1.01. The highest BCUT2D eigenvalue weighted by molar-refractivity contribution is 5.46. The van der Waals surface area contributed by atoms with Crippen LogP contribution in [0.2, 0.25) is 0 Å². The SMILES string of the molecule is C=C/C=C\C1=C(C=C)CC=C1. The fraction of sp³-hybridized carbons (Fsp3) is 0.0909. The van der Waals surface area contributed by atoms with Crippen molar-refractivity contribution in [2.45, 2.75) is 6.42 Å². The van der Waals surface area contributed by atoms with E-state index >= 15 is 0 Å². The minimum Gasteiger partial charge on any atom is -0.0991 e. The van der Waals surface area contributed by atoms with Crippen LogP contribution in [0.25, 0.3) is 0 Å². The maximum Gasteiger partial charge on any atom is -0.00884 e. The van der Waals surface area contributed by atoms with Crippen LogP contribution in [0.1, 0.15) is 6.42 Å². The average molecular weight is 144 g/mol. The monoisotopic (exact) mass is 144 g/mol. The molecule has 1 aliphatic rings. The van der Waals surface area contributed by atoms with Gasteiger partial charge in [-0.15, -0.1) is 0 Å². The third kappa shape index (κ3) is 1.81. The normalized spacial score (nSPS) is 16.4. The summed E-state index contributed by atoms with van der Waals surface area (Å²) < 4.78 is 0. The molecule has 0 saturated carbocycles. The van der Waals surface area contributed by atoms with Crippen LogP contribution in [0.5, 0.6) is 0 Å². The zero-order chi connectivity index (χ0) is 8.10. The summed E-state index contributed by atoms with van der Waals surface area (Å²) in [4.78, 5) is 0. The van der Waals surface area contributed by atoms with Crippen LogP contribution >= 0.6 is 0 Å². The fourth-order valence-corrected chi connectivity index (χ4v) is 1.07. The molecule has 0 amide bonds. The van der Waals surface area contributed by atoms with Gasteiger partial charge in [0.25, 0.3) is 0 Å². The van der Waals surface area contributed by atoms with Crippen LogP contribution in [-0.2, 0) is 0 Å². The van der Waals surface area contributed by atoms with Gasteiger partial charge >= 0.3 is 0 Å². The molecule has 0 heteroatoms. The first kappa shape index (κ1) is 7.80. The zero-order valence-corrected chi connectivity index (χ0v) is 6.59. The maximum absolute atomic E-state index is 3.74. The topological polar surface area (TPSA) is 0 Å². The molecule has 0 N–H and O–H groups in total. The molecule has 0 radical (unpaired) electrons. The molecule has 0 bridgehead atoms. The Morgan fingerprint density at radius 1 is 1.36 bits per heavy atom. The highest BCUT2D eigenvalue weighted by atomic mass is 14.1. The van der Waals surface area contributed by atoms with Gasteiger partial charge < -0.3 is 0 Å². The molecule has 0 spiro atoms. The van der Waals surface area contributed by atoms with E-state index in [0.717, 1.165) is 6.42 Å². The van der Waals surface area contributed by atoms with Crippen LogP contribution in [-0.4, -0.2) is 0 Å². The van der Waals surface area contributed by atoms with Gasteiger partial charge in [-0.2, -0.15) is 0 Å². The van der Waals surface area contributed by atoms with E-state index in [1.54, 1.807) is 6.08 Å². The Hall–Kier alpha value is -1.30. The zero-order valence-electron chi connectivity index (χ0n) is 6.59. The van der Waals surface area contributed by atoms with E-state index in [9.17, 15) is 0 Å². The number of hydrogen-bond acceptors (Lipinski definition) is 0. The molecule has 0 aromatic carbocycles. The van der Waals surface area contributed by atoms with Crippen molar-refractivity contribution in [2.24, 2.45) is 0 Å². The largest absolute Gasteiger partial charge is 0.0991 e. The van der Waals surface area contributed by atoms with Crippen molar-refractivity contribution < 1.29 is 0 Å². The van der Waals surface area contributed by atoms with E-state index < -0.39 is 0 Å². The van der Waals surface area contributed by atoms with Gasteiger partial charge in [-0.05, 0) is 17.6 Å². The Morgan fingerprint density at radius 3 is 2.82 bits per heavy atom. The lowest BCUT2D eigenvalue weighted by atomic mass is 10.1. The standard InChI is InChI=1S/C11H12/c1-3-5-7-11-9-6-8-10(11)4-2/h3-7,9H,1-2,8H2/b7-5-. The third-order valence-corrected chi connectivity index (χ3v) is 1.66. The van der Waals surface area contributed by atoms with E-state index in [2.05, 4.69) is 25.3 Å². The minimum absolute atomic E-state index is 1.01.